The average Bonchev–Trinajstić information content (AvgIpc) is 2.53. The van der Waals surface area contributed by atoms with Gasteiger partial charge in [-0.25, -0.2) is 4.39 Å². The SMILES string of the molecule is N[C@@H]1CCC[C@H]1c1ccc(F)cc1. The summed E-state index contributed by atoms with van der Waals surface area (Å²) in [6.07, 6.45) is 3.44. The number of halogens is 1. The van der Waals surface area contributed by atoms with Crippen LogP contribution in [0.5, 0.6) is 0 Å². The Bertz CT molecular complexity index is 281. The van der Waals surface area contributed by atoms with Crippen molar-refractivity contribution in [3.63, 3.8) is 0 Å². The van der Waals surface area contributed by atoms with E-state index in [9.17, 15) is 4.39 Å². The van der Waals surface area contributed by atoms with Gasteiger partial charge < -0.3 is 5.73 Å². The Labute approximate surface area is 77.8 Å². The zero-order valence-electron chi connectivity index (χ0n) is 7.54. The first-order valence-electron chi connectivity index (χ1n) is 4.78. The highest BCUT2D eigenvalue weighted by Gasteiger charge is 2.24. The van der Waals surface area contributed by atoms with Crippen molar-refractivity contribution in [3.05, 3.63) is 35.6 Å². The van der Waals surface area contributed by atoms with Gasteiger partial charge in [0.05, 0.1) is 0 Å². The van der Waals surface area contributed by atoms with Gasteiger partial charge in [0.2, 0.25) is 0 Å². The van der Waals surface area contributed by atoms with Gasteiger partial charge in [0.1, 0.15) is 5.82 Å². The molecule has 1 aromatic rings. The smallest absolute Gasteiger partial charge is 0.123 e. The monoisotopic (exact) mass is 179 g/mol. The van der Waals surface area contributed by atoms with Crippen LogP contribution in [-0.4, -0.2) is 6.04 Å². The third kappa shape index (κ3) is 1.73. The van der Waals surface area contributed by atoms with Gasteiger partial charge in [-0.05, 0) is 36.5 Å². The molecule has 0 radical (unpaired) electrons. The maximum absolute atomic E-state index is 12.6. The van der Waals surface area contributed by atoms with Gasteiger partial charge in [0.15, 0.2) is 0 Å². The van der Waals surface area contributed by atoms with Crippen molar-refractivity contribution in [3.8, 4) is 0 Å². The number of benzene rings is 1. The third-order valence-corrected chi connectivity index (χ3v) is 2.87. The molecule has 1 aromatic carbocycles. The molecule has 0 heterocycles. The molecule has 1 fully saturated rings. The van der Waals surface area contributed by atoms with Gasteiger partial charge in [0.25, 0.3) is 0 Å². The Morgan fingerprint density at radius 3 is 2.38 bits per heavy atom. The van der Waals surface area contributed by atoms with E-state index in [1.54, 1.807) is 0 Å². The van der Waals surface area contributed by atoms with E-state index in [0.717, 1.165) is 12.8 Å². The van der Waals surface area contributed by atoms with Crippen LogP contribution in [0.1, 0.15) is 30.7 Å². The fraction of sp³-hybridized carbons (Fsp3) is 0.455. The topological polar surface area (TPSA) is 26.0 Å². The molecular formula is C11H14FN. The Morgan fingerprint density at radius 2 is 1.85 bits per heavy atom. The number of nitrogens with two attached hydrogens (primary N) is 1. The highest BCUT2D eigenvalue weighted by atomic mass is 19.1. The van der Waals surface area contributed by atoms with Crippen LogP contribution in [0.25, 0.3) is 0 Å². The summed E-state index contributed by atoms with van der Waals surface area (Å²) >= 11 is 0. The Balaban J connectivity index is 2.20. The van der Waals surface area contributed by atoms with Crippen LogP contribution in [0.2, 0.25) is 0 Å². The normalized spacial score (nSPS) is 27.8. The number of hydrogen-bond donors (Lipinski definition) is 1. The summed E-state index contributed by atoms with van der Waals surface area (Å²) in [4.78, 5) is 0. The number of hydrogen-bond acceptors (Lipinski definition) is 1. The fourth-order valence-electron chi connectivity index (χ4n) is 2.11. The minimum absolute atomic E-state index is 0.171. The summed E-state index contributed by atoms with van der Waals surface area (Å²) in [6, 6.07) is 7.00. The second-order valence-corrected chi connectivity index (χ2v) is 3.75. The van der Waals surface area contributed by atoms with Crippen LogP contribution < -0.4 is 5.73 Å². The summed E-state index contributed by atoms with van der Waals surface area (Å²) in [5.74, 6) is 0.274. The van der Waals surface area contributed by atoms with Crippen molar-refractivity contribution >= 4 is 0 Å². The lowest BCUT2D eigenvalue weighted by molar-refractivity contribution is 0.603. The molecular weight excluding hydrogens is 165 g/mol. The highest BCUT2D eigenvalue weighted by Crippen LogP contribution is 2.33. The van der Waals surface area contributed by atoms with Crippen LogP contribution in [-0.2, 0) is 0 Å². The van der Waals surface area contributed by atoms with Gasteiger partial charge in [-0.2, -0.15) is 0 Å². The lowest BCUT2D eigenvalue weighted by Crippen LogP contribution is -2.22. The first-order valence-corrected chi connectivity index (χ1v) is 4.78. The quantitative estimate of drug-likeness (QED) is 0.704. The lowest BCUT2D eigenvalue weighted by Gasteiger charge is -2.15. The minimum Gasteiger partial charge on any atom is -0.327 e. The maximum atomic E-state index is 12.6. The molecule has 2 heteroatoms. The molecule has 0 bridgehead atoms. The van der Waals surface area contributed by atoms with Crippen molar-refractivity contribution < 1.29 is 4.39 Å². The minimum atomic E-state index is -0.171. The zero-order chi connectivity index (χ0) is 9.26. The molecule has 0 amide bonds. The van der Waals surface area contributed by atoms with E-state index in [1.165, 1.54) is 24.1 Å². The molecule has 0 aliphatic heterocycles. The zero-order valence-corrected chi connectivity index (χ0v) is 7.54. The van der Waals surface area contributed by atoms with Crippen molar-refractivity contribution in [2.24, 2.45) is 5.73 Å². The first-order chi connectivity index (χ1) is 6.27. The molecule has 1 nitrogen and oxygen atoms in total. The van der Waals surface area contributed by atoms with Gasteiger partial charge in [0, 0.05) is 6.04 Å². The Morgan fingerprint density at radius 1 is 1.15 bits per heavy atom. The summed E-state index contributed by atoms with van der Waals surface area (Å²) in [5, 5.41) is 0. The second kappa shape index (κ2) is 3.46. The molecule has 1 aliphatic carbocycles. The van der Waals surface area contributed by atoms with Gasteiger partial charge in [-0.1, -0.05) is 18.6 Å². The lowest BCUT2D eigenvalue weighted by atomic mass is 9.95. The van der Waals surface area contributed by atoms with Crippen LogP contribution in [0.4, 0.5) is 4.39 Å². The molecule has 2 rings (SSSR count). The van der Waals surface area contributed by atoms with Crippen LogP contribution in [0.15, 0.2) is 24.3 Å². The van der Waals surface area contributed by atoms with Gasteiger partial charge in [-0.15, -0.1) is 0 Å². The number of rotatable bonds is 1. The first kappa shape index (κ1) is 8.70. The molecule has 13 heavy (non-hydrogen) atoms. The van der Waals surface area contributed by atoms with E-state index in [0.29, 0.717) is 5.92 Å². The van der Waals surface area contributed by atoms with Crippen molar-refractivity contribution in [2.45, 2.75) is 31.2 Å². The van der Waals surface area contributed by atoms with E-state index >= 15 is 0 Å². The predicted octanol–water partition coefficient (Wildman–Crippen LogP) is 2.42. The largest absolute Gasteiger partial charge is 0.327 e. The van der Waals surface area contributed by atoms with E-state index in [1.807, 2.05) is 12.1 Å². The summed E-state index contributed by atoms with van der Waals surface area (Å²) in [5.41, 5.74) is 7.14. The van der Waals surface area contributed by atoms with Crippen LogP contribution in [0.3, 0.4) is 0 Å². The molecule has 2 atom stereocenters. The summed E-state index contributed by atoms with van der Waals surface area (Å²) < 4.78 is 12.6. The standard InChI is InChI=1S/C11H14FN/c12-9-6-4-8(5-7-9)10-2-1-3-11(10)13/h4-7,10-11H,1-3,13H2/t10-,11+/m0/s1. The maximum Gasteiger partial charge on any atom is 0.123 e. The van der Waals surface area contributed by atoms with Gasteiger partial charge in [-0.3, -0.25) is 0 Å². The molecule has 70 valence electrons. The molecule has 1 aliphatic rings. The van der Waals surface area contributed by atoms with Crippen molar-refractivity contribution in [2.75, 3.05) is 0 Å². The van der Waals surface area contributed by atoms with E-state index in [2.05, 4.69) is 0 Å². The predicted molar refractivity (Wildman–Crippen MR) is 51.0 cm³/mol. The Hall–Kier alpha value is -0.890. The van der Waals surface area contributed by atoms with Crippen LogP contribution in [0, 0.1) is 5.82 Å². The Kier molecular flexibility index (Phi) is 2.32. The molecule has 1 saturated carbocycles. The molecule has 0 aromatic heterocycles. The van der Waals surface area contributed by atoms with E-state index in [4.69, 9.17) is 5.73 Å². The summed E-state index contributed by atoms with van der Waals surface area (Å²) in [7, 11) is 0. The van der Waals surface area contributed by atoms with Crippen LogP contribution >= 0.6 is 0 Å². The fourth-order valence-corrected chi connectivity index (χ4v) is 2.11. The second-order valence-electron chi connectivity index (χ2n) is 3.75. The van der Waals surface area contributed by atoms with Crippen molar-refractivity contribution in [1.82, 2.24) is 0 Å². The third-order valence-electron chi connectivity index (χ3n) is 2.87. The molecule has 2 N–H and O–H groups in total. The summed E-state index contributed by atoms with van der Waals surface area (Å²) in [6.45, 7) is 0. The molecule has 0 saturated heterocycles. The highest BCUT2D eigenvalue weighted by molar-refractivity contribution is 5.23. The van der Waals surface area contributed by atoms with Crippen molar-refractivity contribution in [1.29, 1.82) is 0 Å². The van der Waals surface area contributed by atoms with E-state index in [-0.39, 0.29) is 11.9 Å². The molecule has 0 spiro atoms. The van der Waals surface area contributed by atoms with Gasteiger partial charge >= 0.3 is 0 Å². The van der Waals surface area contributed by atoms with E-state index < -0.39 is 0 Å². The molecule has 0 unspecified atom stereocenters. The average molecular weight is 179 g/mol.